The molecule has 0 aliphatic carbocycles. The van der Waals surface area contributed by atoms with E-state index in [1.807, 2.05) is 13.0 Å². The lowest BCUT2D eigenvalue weighted by Gasteiger charge is -2.07. The molecule has 0 aliphatic heterocycles. The summed E-state index contributed by atoms with van der Waals surface area (Å²) in [4.78, 5) is 0. The van der Waals surface area contributed by atoms with Crippen LogP contribution in [-0.2, 0) is 11.3 Å². The average Bonchev–Trinajstić information content (AvgIpc) is 2.27. The normalized spacial score (nSPS) is 10.5. The Morgan fingerprint density at radius 1 is 1.47 bits per heavy atom. The van der Waals surface area contributed by atoms with E-state index in [-0.39, 0.29) is 5.82 Å². The molecule has 0 spiro atoms. The monoisotopic (exact) mass is 237 g/mol. The summed E-state index contributed by atoms with van der Waals surface area (Å²) in [7, 11) is 0. The summed E-state index contributed by atoms with van der Waals surface area (Å²) in [5, 5.41) is 3.20. The highest BCUT2D eigenvalue weighted by molar-refractivity contribution is 5.23. The maximum Gasteiger partial charge on any atom is 0.126 e. The van der Waals surface area contributed by atoms with E-state index in [0.717, 1.165) is 17.7 Å². The van der Waals surface area contributed by atoms with Gasteiger partial charge in [-0.25, -0.2) is 4.39 Å². The zero-order chi connectivity index (χ0) is 12.7. The van der Waals surface area contributed by atoms with Crippen molar-refractivity contribution >= 4 is 0 Å². The van der Waals surface area contributed by atoms with E-state index >= 15 is 0 Å². The van der Waals surface area contributed by atoms with E-state index < -0.39 is 0 Å². The number of benzene rings is 1. The van der Waals surface area contributed by atoms with Crippen molar-refractivity contribution in [2.75, 3.05) is 19.8 Å². The van der Waals surface area contributed by atoms with E-state index in [2.05, 4.69) is 11.9 Å². The van der Waals surface area contributed by atoms with Gasteiger partial charge in [0.1, 0.15) is 5.82 Å². The summed E-state index contributed by atoms with van der Waals surface area (Å²) in [6.07, 6.45) is 0. The van der Waals surface area contributed by atoms with Crippen LogP contribution in [-0.4, -0.2) is 19.8 Å². The fourth-order valence-corrected chi connectivity index (χ4v) is 1.37. The maximum absolute atomic E-state index is 13.2. The molecule has 1 aromatic rings. The Kier molecular flexibility index (Phi) is 5.87. The third-order valence-corrected chi connectivity index (χ3v) is 2.34. The van der Waals surface area contributed by atoms with Crippen molar-refractivity contribution in [3.05, 3.63) is 47.3 Å². The number of hydrogen-bond donors (Lipinski definition) is 1. The first-order valence-corrected chi connectivity index (χ1v) is 5.77. The van der Waals surface area contributed by atoms with Crippen LogP contribution in [0.4, 0.5) is 4.39 Å². The minimum absolute atomic E-state index is 0.150. The minimum atomic E-state index is -0.150. The van der Waals surface area contributed by atoms with Crippen molar-refractivity contribution in [1.29, 1.82) is 0 Å². The molecule has 94 valence electrons. The summed E-state index contributed by atoms with van der Waals surface area (Å²) in [6.45, 7) is 10.1. The van der Waals surface area contributed by atoms with Crippen LogP contribution in [0.25, 0.3) is 0 Å². The zero-order valence-corrected chi connectivity index (χ0v) is 10.6. The van der Waals surface area contributed by atoms with Crippen molar-refractivity contribution in [2.24, 2.45) is 0 Å². The molecule has 0 bridgehead atoms. The molecule has 3 heteroatoms. The lowest BCUT2D eigenvalue weighted by atomic mass is 10.1. The van der Waals surface area contributed by atoms with Gasteiger partial charge in [-0.15, -0.1) is 0 Å². The molecule has 1 N–H and O–H groups in total. The van der Waals surface area contributed by atoms with Gasteiger partial charge < -0.3 is 10.1 Å². The first-order valence-electron chi connectivity index (χ1n) is 5.77. The second-order valence-electron chi connectivity index (χ2n) is 4.27. The molecule has 1 rings (SSSR count). The van der Waals surface area contributed by atoms with Gasteiger partial charge in [-0.3, -0.25) is 0 Å². The second kappa shape index (κ2) is 7.20. The number of hydrogen-bond acceptors (Lipinski definition) is 2. The third-order valence-electron chi connectivity index (χ3n) is 2.34. The fourth-order valence-electron chi connectivity index (χ4n) is 1.37. The summed E-state index contributed by atoms with van der Waals surface area (Å²) >= 11 is 0. The molecular weight excluding hydrogens is 217 g/mol. The molecule has 0 amide bonds. The Morgan fingerprint density at radius 2 is 2.24 bits per heavy atom. The molecule has 0 saturated carbocycles. The quantitative estimate of drug-likeness (QED) is 0.581. The summed E-state index contributed by atoms with van der Waals surface area (Å²) < 4.78 is 18.6. The summed E-state index contributed by atoms with van der Waals surface area (Å²) in [6, 6.07) is 5.29. The van der Waals surface area contributed by atoms with E-state index in [0.29, 0.717) is 25.3 Å². The topological polar surface area (TPSA) is 21.3 Å². The van der Waals surface area contributed by atoms with Gasteiger partial charge in [0, 0.05) is 13.1 Å². The molecule has 0 fully saturated rings. The van der Waals surface area contributed by atoms with Crippen molar-refractivity contribution in [3.63, 3.8) is 0 Å². The number of nitrogens with one attached hydrogen (secondary N) is 1. The van der Waals surface area contributed by atoms with E-state index in [9.17, 15) is 4.39 Å². The molecule has 17 heavy (non-hydrogen) atoms. The Morgan fingerprint density at radius 3 is 2.88 bits per heavy atom. The Balaban J connectivity index is 2.18. The van der Waals surface area contributed by atoms with Crippen molar-refractivity contribution in [1.82, 2.24) is 5.32 Å². The van der Waals surface area contributed by atoms with Crippen LogP contribution in [0.1, 0.15) is 18.1 Å². The number of ether oxygens (including phenoxy) is 1. The van der Waals surface area contributed by atoms with Crippen LogP contribution in [0.5, 0.6) is 0 Å². The van der Waals surface area contributed by atoms with Crippen LogP contribution in [0.2, 0.25) is 0 Å². The minimum Gasteiger partial charge on any atom is -0.376 e. The Bertz CT molecular complexity index is 376. The maximum atomic E-state index is 13.2. The standard InChI is InChI=1S/C14H20FNO/c1-11(2)10-17-7-6-16-9-13-5-4-12(3)14(15)8-13/h4-5,8,16H,1,6-7,9-10H2,2-3H3. The van der Waals surface area contributed by atoms with Gasteiger partial charge in [-0.05, 0) is 31.0 Å². The molecule has 0 radical (unpaired) electrons. The third kappa shape index (κ3) is 5.61. The molecule has 0 heterocycles. The molecule has 0 aliphatic rings. The molecule has 2 nitrogen and oxygen atoms in total. The molecular formula is C14H20FNO. The van der Waals surface area contributed by atoms with Crippen LogP contribution in [0.15, 0.2) is 30.4 Å². The summed E-state index contributed by atoms with van der Waals surface area (Å²) in [5.74, 6) is -0.150. The predicted octanol–water partition coefficient (Wildman–Crippen LogP) is 2.82. The summed E-state index contributed by atoms with van der Waals surface area (Å²) in [5.41, 5.74) is 2.65. The van der Waals surface area contributed by atoms with Crippen LogP contribution >= 0.6 is 0 Å². The van der Waals surface area contributed by atoms with E-state index in [4.69, 9.17) is 4.74 Å². The Hall–Kier alpha value is -1.19. The second-order valence-corrected chi connectivity index (χ2v) is 4.27. The molecule has 0 aromatic heterocycles. The zero-order valence-electron chi connectivity index (χ0n) is 10.6. The first-order chi connectivity index (χ1) is 8.09. The molecule has 0 unspecified atom stereocenters. The van der Waals surface area contributed by atoms with Gasteiger partial charge in [0.05, 0.1) is 13.2 Å². The SMILES string of the molecule is C=C(C)COCCNCc1ccc(C)c(F)c1. The van der Waals surface area contributed by atoms with Gasteiger partial charge in [0.15, 0.2) is 0 Å². The average molecular weight is 237 g/mol. The molecule has 0 saturated heterocycles. The number of rotatable bonds is 7. The van der Waals surface area contributed by atoms with Gasteiger partial charge in [-0.1, -0.05) is 24.3 Å². The number of halogens is 1. The van der Waals surface area contributed by atoms with Crippen molar-refractivity contribution < 1.29 is 9.13 Å². The first kappa shape index (κ1) is 13.9. The highest BCUT2D eigenvalue weighted by Crippen LogP contribution is 2.08. The van der Waals surface area contributed by atoms with E-state index in [1.54, 1.807) is 19.1 Å². The van der Waals surface area contributed by atoms with Gasteiger partial charge in [0.25, 0.3) is 0 Å². The molecule has 0 atom stereocenters. The van der Waals surface area contributed by atoms with Gasteiger partial charge >= 0.3 is 0 Å². The van der Waals surface area contributed by atoms with Crippen molar-refractivity contribution in [2.45, 2.75) is 20.4 Å². The highest BCUT2D eigenvalue weighted by Gasteiger charge is 1.98. The van der Waals surface area contributed by atoms with Gasteiger partial charge in [0.2, 0.25) is 0 Å². The largest absolute Gasteiger partial charge is 0.376 e. The van der Waals surface area contributed by atoms with Crippen LogP contribution < -0.4 is 5.32 Å². The van der Waals surface area contributed by atoms with Crippen LogP contribution in [0.3, 0.4) is 0 Å². The molecule has 1 aromatic carbocycles. The number of aryl methyl sites for hydroxylation is 1. The van der Waals surface area contributed by atoms with E-state index in [1.165, 1.54) is 0 Å². The van der Waals surface area contributed by atoms with Gasteiger partial charge in [-0.2, -0.15) is 0 Å². The lowest BCUT2D eigenvalue weighted by Crippen LogP contribution is -2.19. The fraction of sp³-hybridized carbons (Fsp3) is 0.429. The Labute approximate surface area is 102 Å². The van der Waals surface area contributed by atoms with Crippen LogP contribution in [0, 0.1) is 12.7 Å². The smallest absolute Gasteiger partial charge is 0.126 e. The predicted molar refractivity (Wildman–Crippen MR) is 68.5 cm³/mol. The lowest BCUT2D eigenvalue weighted by molar-refractivity contribution is 0.158. The van der Waals surface area contributed by atoms with Crippen molar-refractivity contribution in [3.8, 4) is 0 Å². The highest BCUT2D eigenvalue weighted by atomic mass is 19.1.